The van der Waals surface area contributed by atoms with Crippen molar-refractivity contribution in [2.75, 3.05) is 18.4 Å². The van der Waals surface area contributed by atoms with Crippen molar-refractivity contribution in [1.82, 2.24) is 10.2 Å². The van der Waals surface area contributed by atoms with Gasteiger partial charge in [0.2, 0.25) is 0 Å². The quantitative estimate of drug-likeness (QED) is 0.249. The number of alkyl halides is 3. The third kappa shape index (κ3) is 6.03. The van der Waals surface area contributed by atoms with Gasteiger partial charge in [0, 0.05) is 37.1 Å². The molecule has 0 aromatic heterocycles. The van der Waals surface area contributed by atoms with Gasteiger partial charge < -0.3 is 21.5 Å². The zero-order chi connectivity index (χ0) is 24.4. The lowest BCUT2D eigenvalue weighted by Crippen LogP contribution is -2.64. The number of rotatable bonds is 6. The zero-order valence-corrected chi connectivity index (χ0v) is 18.1. The van der Waals surface area contributed by atoms with Crippen molar-refractivity contribution in [2.24, 2.45) is 11.7 Å². The molecule has 1 heterocycles. The second-order valence-electron chi connectivity index (χ2n) is 8.87. The SMILES string of the molecule is CC1(O)CN([C@@H]2CC[C@H](N/C=C(\C(=N)Nc3ccc(C(F)(F)F)cc3)C(N)=O)C(C#N)C2)C1. The summed E-state index contributed by atoms with van der Waals surface area (Å²) >= 11 is 0. The van der Waals surface area contributed by atoms with Gasteiger partial charge in [0.05, 0.1) is 28.7 Å². The molecular weight excluding hydrogens is 437 g/mol. The van der Waals surface area contributed by atoms with Crippen LogP contribution in [0.5, 0.6) is 0 Å². The minimum atomic E-state index is -4.47. The molecule has 1 aromatic carbocycles. The highest BCUT2D eigenvalue weighted by molar-refractivity contribution is 6.23. The smallest absolute Gasteiger partial charge is 0.388 e. The van der Waals surface area contributed by atoms with Crippen LogP contribution in [0.1, 0.15) is 31.7 Å². The van der Waals surface area contributed by atoms with E-state index in [0.717, 1.165) is 30.7 Å². The number of nitriles is 1. The Morgan fingerprint density at radius 2 is 1.97 bits per heavy atom. The minimum Gasteiger partial charge on any atom is -0.388 e. The number of benzene rings is 1. The topological polar surface area (TPSA) is 138 Å². The Morgan fingerprint density at radius 3 is 2.48 bits per heavy atom. The van der Waals surface area contributed by atoms with Gasteiger partial charge in [-0.1, -0.05) is 0 Å². The minimum absolute atomic E-state index is 0.187. The molecule has 1 saturated carbocycles. The summed E-state index contributed by atoms with van der Waals surface area (Å²) in [7, 11) is 0. The van der Waals surface area contributed by atoms with Crippen LogP contribution in [0.4, 0.5) is 18.9 Å². The van der Waals surface area contributed by atoms with Gasteiger partial charge in [-0.2, -0.15) is 18.4 Å². The molecule has 6 N–H and O–H groups in total. The van der Waals surface area contributed by atoms with Gasteiger partial charge in [0.1, 0.15) is 5.84 Å². The van der Waals surface area contributed by atoms with E-state index in [1.807, 2.05) is 0 Å². The Balaban J connectivity index is 1.62. The number of anilines is 1. The van der Waals surface area contributed by atoms with Crippen LogP contribution in [-0.2, 0) is 11.0 Å². The summed E-state index contributed by atoms with van der Waals surface area (Å²) < 4.78 is 38.1. The molecule has 1 saturated heterocycles. The molecule has 178 valence electrons. The van der Waals surface area contributed by atoms with Gasteiger partial charge >= 0.3 is 6.18 Å². The molecule has 11 heteroatoms. The number of nitrogens with two attached hydrogens (primary N) is 1. The molecule has 1 amide bonds. The monoisotopic (exact) mass is 464 g/mol. The zero-order valence-electron chi connectivity index (χ0n) is 18.1. The standard InChI is InChI=1S/C22H27F3N6O2/c1-21(33)11-31(12-21)16-6-7-18(13(8-16)9-26)29-10-17(20(28)32)19(27)30-15-4-2-14(3-5-15)22(23,24)25/h2-5,10,13,16,18,29,33H,6-8,11-12H2,1H3,(H2,27,30)(H2,28,32)/b17-10+/t13?,16-,18+/m1/s1. The van der Waals surface area contributed by atoms with Crippen molar-refractivity contribution in [3.05, 3.63) is 41.6 Å². The predicted octanol–water partition coefficient (Wildman–Crippen LogP) is 2.18. The second-order valence-corrected chi connectivity index (χ2v) is 8.87. The third-order valence-electron chi connectivity index (χ3n) is 6.05. The molecule has 2 fully saturated rings. The number of carbonyl (C=O) groups is 1. The normalized spacial score (nSPS) is 25.5. The number of amidine groups is 1. The molecule has 2 aliphatic rings. The Morgan fingerprint density at radius 1 is 1.33 bits per heavy atom. The summed E-state index contributed by atoms with van der Waals surface area (Å²) in [6.45, 7) is 2.93. The lowest BCUT2D eigenvalue weighted by Gasteiger charge is -2.50. The summed E-state index contributed by atoms with van der Waals surface area (Å²) in [4.78, 5) is 14.0. The van der Waals surface area contributed by atoms with Crippen molar-refractivity contribution in [3.8, 4) is 6.07 Å². The molecule has 3 atom stereocenters. The van der Waals surface area contributed by atoms with Gasteiger partial charge in [-0.05, 0) is 50.5 Å². The van der Waals surface area contributed by atoms with Crippen molar-refractivity contribution < 1.29 is 23.1 Å². The van der Waals surface area contributed by atoms with Gasteiger partial charge in [-0.15, -0.1) is 0 Å². The summed E-state index contributed by atoms with van der Waals surface area (Å²) in [5.41, 5.74) is 3.89. The van der Waals surface area contributed by atoms with E-state index in [2.05, 4.69) is 21.6 Å². The molecule has 3 rings (SSSR count). The maximum atomic E-state index is 12.7. The second kappa shape index (κ2) is 9.41. The molecule has 1 aromatic rings. The van der Waals surface area contributed by atoms with Crippen LogP contribution in [0.2, 0.25) is 0 Å². The van der Waals surface area contributed by atoms with E-state index in [9.17, 15) is 28.3 Å². The van der Waals surface area contributed by atoms with Crippen LogP contribution in [-0.4, -0.2) is 52.5 Å². The van der Waals surface area contributed by atoms with Gasteiger partial charge in [-0.3, -0.25) is 15.1 Å². The number of carbonyl (C=O) groups excluding carboxylic acids is 1. The first-order valence-electron chi connectivity index (χ1n) is 10.5. The maximum absolute atomic E-state index is 12.7. The molecule has 0 bridgehead atoms. The van der Waals surface area contributed by atoms with E-state index in [1.54, 1.807) is 6.92 Å². The van der Waals surface area contributed by atoms with Gasteiger partial charge in [0.15, 0.2) is 0 Å². The lowest BCUT2D eigenvalue weighted by molar-refractivity contribution is -0.137. The average molecular weight is 464 g/mol. The van der Waals surface area contributed by atoms with Crippen molar-refractivity contribution >= 4 is 17.4 Å². The van der Waals surface area contributed by atoms with E-state index >= 15 is 0 Å². The number of hydrogen-bond acceptors (Lipinski definition) is 6. The number of nitrogens with zero attached hydrogens (tertiary/aromatic N) is 2. The fraction of sp³-hybridized carbons (Fsp3) is 0.500. The summed E-state index contributed by atoms with van der Waals surface area (Å²) in [5, 5.41) is 33.3. The highest BCUT2D eigenvalue weighted by Crippen LogP contribution is 2.33. The van der Waals surface area contributed by atoms with E-state index in [0.29, 0.717) is 25.9 Å². The first-order valence-corrected chi connectivity index (χ1v) is 10.5. The third-order valence-corrected chi connectivity index (χ3v) is 6.05. The van der Waals surface area contributed by atoms with Crippen molar-refractivity contribution in [3.63, 3.8) is 0 Å². The van der Waals surface area contributed by atoms with Crippen LogP contribution in [0.3, 0.4) is 0 Å². The average Bonchev–Trinajstić information content (AvgIpc) is 2.71. The molecule has 8 nitrogen and oxygen atoms in total. The number of nitrogens with one attached hydrogen (secondary N) is 3. The largest absolute Gasteiger partial charge is 0.416 e. The van der Waals surface area contributed by atoms with E-state index in [4.69, 9.17) is 11.1 Å². The van der Waals surface area contributed by atoms with Crippen molar-refractivity contribution in [2.45, 2.75) is 50.0 Å². The van der Waals surface area contributed by atoms with E-state index in [-0.39, 0.29) is 35.1 Å². The number of primary amides is 1. The van der Waals surface area contributed by atoms with E-state index in [1.165, 1.54) is 6.20 Å². The summed E-state index contributed by atoms with van der Waals surface area (Å²) in [6.07, 6.45) is -1.11. The van der Waals surface area contributed by atoms with Crippen LogP contribution in [0.25, 0.3) is 0 Å². The predicted molar refractivity (Wildman–Crippen MR) is 116 cm³/mol. The first kappa shape index (κ1) is 24.5. The Kier molecular flexibility index (Phi) is 7.00. The molecule has 1 aliphatic carbocycles. The summed E-state index contributed by atoms with van der Waals surface area (Å²) in [6, 6.07) is 6.29. The molecule has 0 radical (unpaired) electrons. The molecular formula is C22H27F3N6O2. The number of aliphatic hydroxyl groups is 1. The maximum Gasteiger partial charge on any atom is 0.416 e. The van der Waals surface area contributed by atoms with Crippen LogP contribution in [0.15, 0.2) is 36.0 Å². The van der Waals surface area contributed by atoms with Gasteiger partial charge in [-0.25, -0.2) is 0 Å². The highest BCUT2D eigenvalue weighted by Gasteiger charge is 2.43. The fourth-order valence-electron chi connectivity index (χ4n) is 4.32. The Labute approximate surface area is 189 Å². The van der Waals surface area contributed by atoms with Gasteiger partial charge in [0.25, 0.3) is 5.91 Å². The Bertz CT molecular complexity index is 960. The number of hydrogen-bond donors (Lipinski definition) is 5. The summed E-state index contributed by atoms with van der Waals surface area (Å²) in [5.74, 6) is -1.60. The first-order chi connectivity index (χ1) is 15.4. The molecule has 0 spiro atoms. The Hall–Kier alpha value is -3.10. The lowest BCUT2D eigenvalue weighted by atomic mass is 9.79. The van der Waals surface area contributed by atoms with Crippen LogP contribution in [0, 0.1) is 22.7 Å². The number of halogens is 3. The molecule has 1 aliphatic heterocycles. The molecule has 33 heavy (non-hydrogen) atoms. The highest BCUT2D eigenvalue weighted by atomic mass is 19.4. The fourth-order valence-corrected chi connectivity index (χ4v) is 4.32. The van der Waals surface area contributed by atoms with Crippen LogP contribution >= 0.6 is 0 Å². The van der Waals surface area contributed by atoms with Crippen LogP contribution < -0.4 is 16.4 Å². The number of β-amino-alcohol motifs (C(OH)–C–C–N with tert-alkyl or cyclic N) is 1. The van der Waals surface area contributed by atoms with Crippen molar-refractivity contribution in [1.29, 1.82) is 10.7 Å². The molecule has 1 unspecified atom stereocenters. The van der Waals surface area contributed by atoms with E-state index < -0.39 is 23.2 Å². The number of likely N-dealkylation sites (tertiary alicyclic amines) is 1. The number of amides is 1.